The van der Waals surface area contributed by atoms with Crippen LogP contribution in [0.3, 0.4) is 0 Å². The second kappa shape index (κ2) is 7.55. The average Bonchev–Trinajstić information content (AvgIpc) is 2.96. The van der Waals surface area contributed by atoms with Gasteiger partial charge in [-0.1, -0.05) is 0 Å². The van der Waals surface area contributed by atoms with Crippen molar-refractivity contribution in [1.82, 2.24) is 9.97 Å². The van der Waals surface area contributed by atoms with Crippen LogP contribution in [0.2, 0.25) is 0 Å². The van der Waals surface area contributed by atoms with Crippen molar-refractivity contribution in [2.45, 2.75) is 20.0 Å². The fourth-order valence-corrected chi connectivity index (χ4v) is 3.25. The van der Waals surface area contributed by atoms with Crippen LogP contribution >= 0.6 is 11.8 Å². The molecule has 1 aromatic rings. The van der Waals surface area contributed by atoms with Crippen LogP contribution < -0.4 is 10.6 Å². The van der Waals surface area contributed by atoms with Gasteiger partial charge in [0.05, 0.1) is 0 Å². The van der Waals surface area contributed by atoms with E-state index in [-0.39, 0.29) is 0 Å². The van der Waals surface area contributed by atoms with Crippen LogP contribution in [0.1, 0.15) is 19.2 Å². The Hall–Kier alpha value is -1.01. The molecule has 1 aromatic heterocycles. The van der Waals surface area contributed by atoms with E-state index in [1.54, 1.807) is 0 Å². The first-order valence-corrected chi connectivity index (χ1v) is 7.92. The highest BCUT2D eigenvalue weighted by Gasteiger charge is 2.15. The normalized spacial score (nSPS) is 18.5. The van der Waals surface area contributed by atoms with Gasteiger partial charge in [0, 0.05) is 26.3 Å². The molecule has 0 radical (unpaired) electrons. The summed E-state index contributed by atoms with van der Waals surface area (Å²) in [6.45, 7) is 4.09. The van der Waals surface area contributed by atoms with Gasteiger partial charge in [0.25, 0.3) is 0 Å². The number of rotatable bonds is 7. The predicted octanol–water partition coefficient (Wildman–Crippen LogP) is 2.22. The Morgan fingerprint density at radius 3 is 2.95 bits per heavy atom. The third-order valence-corrected chi connectivity index (χ3v) is 4.29. The van der Waals surface area contributed by atoms with E-state index in [0.717, 1.165) is 29.9 Å². The van der Waals surface area contributed by atoms with Crippen molar-refractivity contribution < 1.29 is 4.74 Å². The second-order valence-corrected chi connectivity index (χ2v) is 5.70. The number of nitrogens with one attached hydrogen (secondary N) is 2. The van der Waals surface area contributed by atoms with Gasteiger partial charge in [-0.15, -0.1) is 0 Å². The zero-order chi connectivity index (χ0) is 13.5. The molecule has 0 bridgehead atoms. The summed E-state index contributed by atoms with van der Waals surface area (Å²) in [4.78, 5) is 8.86. The highest BCUT2D eigenvalue weighted by atomic mass is 32.2. The van der Waals surface area contributed by atoms with Crippen molar-refractivity contribution in [2.75, 3.05) is 42.3 Å². The van der Waals surface area contributed by atoms with Crippen LogP contribution in [0.25, 0.3) is 0 Å². The standard InChI is InChI=1S/C13H22N4OS/c1-3-18-8-13-16-11(14-2)6-12(17-13)15-7-10-4-5-19-9-10/h6,10H,3-5,7-9H2,1-2H3,(H2,14,15,16,17). The van der Waals surface area contributed by atoms with Gasteiger partial charge in [-0.3, -0.25) is 0 Å². The summed E-state index contributed by atoms with van der Waals surface area (Å²) in [5, 5.41) is 6.48. The smallest absolute Gasteiger partial charge is 0.158 e. The monoisotopic (exact) mass is 282 g/mol. The van der Waals surface area contributed by atoms with Crippen LogP contribution in [0, 0.1) is 5.92 Å². The van der Waals surface area contributed by atoms with E-state index in [0.29, 0.717) is 13.2 Å². The first kappa shape index (κ1) is 14.4. The van der Waals surface area contributed by atoms with Gasteiger partial charge in [0.1, 0.15) is 18.2 Å². The molecule has 2 heterocycles. The molecule has 1 aliphatic heterocycles. The van der Waals surface area contributed by atoms with Gasteiger partial charge in [0.15, 0.2) is 5.82 Å². The molecule has 0 saturated carbocycles. The fraction of sp³-hybridized carbons (Fsp3) is 0.692. The molecule has 0 amide bonds. The number of aromatic nitrogens is 2. The molecule has 19 heavy (non-hydrogen) atoms. The van der Waals surface area contributed by atoms with Crippen molar-refractivity contribution in [3.05, 3.63) is 11.9 Å². The first-order chi connectivity index (χ1) is 9.31. The van der Waals surface area contributed by atoms with Crippen molar-refractivity contribution in [1.29, 1.82) is 0 Å². The van der Waals surface area contributed by atoms with Gasteiger partial charge < -0.3 is 15.4 Å². The Bertz CT molecular complexity index is 396. The fourth-order valence-electron chi connectivity index (χ4n) is 1.97. The summed E-state index contributed by atoms with van der Waals surface area (Å²) in [5.74, 6) is 5.72. The number of ether oxygens (including phenoxy) is 1. The van der Waals surface area contributed by atoms with E-state index in [4.69, 9.17) is 4.74 Å². The van der Waals surface area contributed by atoms with Gasteiger partial charge in [0.2, 0.25) is 0 Å². The highest BCUT2D eigenvalue weighted by Crippen LogP contribution is 2.23. The lowest BCUT2D eigenvalue weighted by Gasteiger charge is -2.12. The summed E-state index contributed by atoms with van der Waals surface area (Å²) in [6, 6.07) is 1.94. The number of anilines is 2. The Balaban J connectivity index is 1.96. The Labute approximate surface area is 118 Å². The minimum atomic E-state index is 0.458. The molecule has 1 saturated heterocycles. The third kappa shape index (κ3) is 4.54. The molecular weight excluding hydrogens is 260 g/mol. The molecule has 1 unspecified atom stereocenters. The summed E-state index contributed by atoms with van der Waals surface area (Å²) in [6.07, 6.45) is 1.30. The largest absolute Gasteiger partial charge is 0.374 e. The number of hydrogen-bond acceptors (Lipinski definition) is 6. The van der Waals surface area contributed by atoms with Gasteiger partial charge in [-0.25, -0.2) is 9.97 Å². The Kier molecular flexibility index (Phi) is 5.72. The molecule has 1 fully saturated rings. The molecule has 0 spiro atoms. The average molecular weight is 282 g/mol. The summed E-state index contributed by atoms with van der Waals surface area (Å²) in [7, 11) is 1.87. The van der Waals surface area contributed by atoms with E-state index in [1.165, 1.54) is 17.9 Å². The third-order valence-electron chi connectivity index (χ3n) is 3.06. The zero-order valence-electron chi connectivity index (χ0n) is 11.6. The van der Waals surface area contributed by atoms with Gasteiger partial charge in [-0.2, -0.15) is 11.8 Å². The maximum atomic E-state index is 5.37. The molecule has 0 aromatic carbocycles. The lowest BCUT2D eigenvalue weighted by Crippen LogP contribution is -2.15. The maximum Gasteiger partial charge on any atom is 0.158 e. The van der Waals surface area contributed by atoms with Crippen LogP contribution in [-0.4, -0.2) is 41.7 Å². The van der Waals surface area contributed by atoms with E-state index in [1.807, 2.05) is 31.8 Å². The second-order valence-electron chi connectivity index (χ2n) is 4.55. The molecule has 106 valence electrons. The molecule has 1 aliphatic rings. The zero-order valence-corrected chi connectivity index (χ0v) is 12.4. The molecule has 2 rings (SSSR count). The predicted molar refractivity (Wildman–Crippen MR) is 80.8 cm³/mol. The molecule has 1 atom stereocenters. The minimum Gasteiger partial charge on any atom is -0.374 e. The number of thioether (sulfide) groups is 1. The molecule has 6 heteroatoms. The van der Waals surface area contributed by atoms with Crippen molar-refractivity contribution in [2.24, 2.45) is 5.92 Å². The lowest BCUT2D eigenvalue weighted by molar-refractivity contribution is 0.128. The van der Waals surface area contributed by atoms with Crippen LogP contribution in [0.5, 0.6) is 0 Å². The molecule has 0 aliphatic carbocycles. The van der Waals surface area contributed by atoms with E-state index >= 15 is 0 Å². The maximum absolute atomic E-state index is 5.37. The minimum absolute atomic E-state index is 0.458. The van der Waals surface area contributed by atoms with Crippen LogP contribution in [0.15, 0.2) is 6.07 Å². The quantitative estimate of drug-likeness (QED) is 0.799. The summed E-state index contributed by atoms with van der Waals surface area (Å²) < 4.78 is 5.37. The van der Waals surface area contributed by atoms with Gasteiger partial charge >= 0.3 is 0 Å². The SMILES string of the molecule is CCOCc1nc(NC)cc(NCC2CCSC2)n1. The van der Waals surface area contributed by atoms with Crippen molar-refractivity contribution in [3.63, 3.8) is 0 Å². The van der Waals surface area contributed by atoms with Crippen molar-refractivity contribution in [3.8, 4) is 0 Å². The first-order valence-electron chi connectivity index (χ1n) is 6.77. The molecule has 5 nitrogen and oxygen atoms in total. The Morgan fingerprint density at radius 2 is 2.26 bits per heavy atom. The van der Waals surface area contributed by atoms with E-state index in [9.17, 15) is 0 Å². The van der Waals surface area contributed by atoms with E-state index < -0.39 is 0 Å². The van der Waals surface area contributed by atoms with E-state index in [2.05, 4.69) is 20.6 Å². The lowest BCUT2D eigenvalue weighted by atomic mass is 10.1. The molecule has 2 N–H and O–H groups in total. The van der Waals surface area contributed by atoms with Crippen molar-refractivity contribution >= 4 is 23.4 Å². The Morgan fingerprint density at radius 1 is 1.42 bits per heavy atom. The van der Waals surface area contributed by atoms with Crippen LogP contribution in [0.4, 0.5) is 11.6 Å². The highest BCUT2D eigenvalue weighted by molar-refractivity contribution is 7.99. The molecular formula is C13H22N4OS. The topological polar surface area (TPSA) is 59.1 Å². The van der Waals surface area contributed by atoms with Crippen LogP contribution in [-0.2, 0) is 11.3 Å². The summed E-state index contributed by atoms with van der Waals surface area (Å²) >= 11 is 2.03. The van der Waals surface area contributed by atoms with Gasteiger partial charge in [-0.05, 0) is 30.8 Å². The summed E-state index contributed by atoms with van der Waals surface area (Å²) in [5.41, 5.74) is 0. The number of nitrogens with zero attached hydrogens (tertiary/aromatic N) is 2. The number of hydrogen-bond donors (Lipinski definition) is 2.